The molecule has 0 spiro atoms. The van der Waals surface area contributed by atoms with Crippen LogP contribution in [0.15, 0.2) is 146 Å². The summed E-state index contributed by atoms with van der Waals surface area (Å²) in [5, 5.41) is 0. The third-order valence-corrected chi connectivity index (χ3v) is 15.9. The summed E-state index contributed by atoms with van der Waals surface area (Å²) < 4.78 is 52.1. The molecule has 0 unspecified atom stereocenters. The van der Waals surface area contributed by atoms with Crippen molar-refractivity contribution in [1.29, 1.82) is 0 Å². The standard InChI is InChI=1S/C62H68N6O10/c69-59-65-43-51-53-45-67-60(70)68-46-54-52(44-66(59)62(68,50-19-11-4-12-20-50)61(65,67)49-17-9-3-10-18-49)56-22-24-58(54)78-40-36-74-32-28-64(42-48-15-7-2-8-16-48)27-31-73-35-39-77-57(53)23-21-55(51)75-37-33-71-29-25-63(26-30-72-34-38-76-56)41-47-13-5-1-6-14-47/h1-24H,25-46H2. The summed E-state index contributed by atoms with van der Waals surface area (Å²) in [7, 11) is 0. The van der Waals surface area contributed by atoms with Gasteiger partial charge in [-0.15, -0.1) is 0 Å². The minimum absolute atomic E-state index is 0.0953. The van der Waals surface area contributed by atoms with Crippen molar-refractivity contribution in [3.8, 4) is 23.0 Å². The number of hydrogen-bond acceptors (Lipinski definition) is 12. The van der Waals surface area contributed by atoms with Crippen molar-refractivity contribution in [1.82, 2.24) is 29.4 Å². The minimum atomic E-state index is -1.43. The molecule has 16 nitrogen and oxygen atoms in total. The highest BCUT2D eigenvalue weighted by molar-refractivity contribution is 5.91. The molecule has 6 aromatic carbocycles. The first-order valence-electron chi connectivity index (χ1n) is 27.5. The summed E-state index contributed by atoms with van der Waals surface area (Å²) in [6.45, 7) is 8.98. The molecule has 0 radical (unpaired) electrons. The van der Waals surface area contributed by atoms with Gasteiger partial charge in [-0.1, -0.05) is 121 Å². The molecule has 0 aliphatic carbocycles. The predicted octanol–water partition coefficient (Wildman–Crippen LogP) is 8.21. The summed E-state index contributed by atoms with van der Waals surface area (Å²) >= 11 is 0. The molecule has 6 aliphatic rings. The van der Waals surface area contributed by atoms with E-state index in [0.717, 1.165) is 46.5 Å². The molecular weight excluding hydrogens is 989 g/mol. The average Bonchev–Trinajstić information content (AvgIpc) is 3.90. The Labute approximate surface area is 456 Å². The van der Waals surface area contributed by atoms with Crippen molar-refractivity contribution in [2.45, 2.75) is 50.6 Å². The maximum absolute atomic E-state index is 16.4. The highest BCUT2D eigenvalue weighted by Gasteiger charge is 2.81. The summed E-state index contributed by atoms with van der Waals surface area (Å²) in [4.78, 5) is 45.1. The van der Waals surface area contributed by atoms with E-state index in [4.69, 9.17) is 37.9 Å². The van der Waals surface area contributed by atoms with Crippen LogP contribution in [0.2, 0.25) is 0 Å². The Morgan fingerprint density at radius 2 is 0.590 bits per heavy atom. The van der Waals surface area contributed by atoms with Gasteiger partial charge in [-0.05, 0) is 35.4 Å². The van der Waals surface area contributed by atoms with Crippen LogP contribution in [0.25, 0.3) is 0 Å². The van der Waals surface area contributed by atoms with Gasteiger partial charge in [0, 0.05) is 72.6 Å². The second-order valence-electron chi connectivity index (χ2n) is 20.4. The monoisotopic (exact) mass is 1060 g/mol. The van der Waals surface area contributed by atoms with Crippen LogP contribution in [0, 0.1) is 0 Å². The van der Waals surface area contributed by atoms with Gasteiger partial charge in [0.15, 0.2) is 11.3 Å². The molecule has 6 heterocycles. The molecular formula is C62H68N6O10. The molecule has 0 saturated carbocycles. The lowest BCUT2D eigenvalue weighted by Crippen LogP contribution is -2.62. The third-order valence-electron chi connectivity index (χ3n) is 15.9. The summed E-state index contributed by atoms with van der Waals surface area (Å²) in [5.74, 6) is 2.36. The van der Waals surface area contributed by atoms with Crippen molar-refractivity contribution in [2.24, 2.45) is 0 Å². The Kier molecular flexibility index (Phi) is 15.5. The van der Waals surface area contributed by atoms with Crippen molar-refractivity contribution >= 4 is 12.1 Å². The van der Waals surface area contributed by atoms with Crippen LogP contribution in [0.1, 0.15) is 44.5 Å². The average molecular weight is 1060 g/mol. The van der Waals surface area contributed by atoms with E-state index in [1.807, 2.05) is 117 Å². The Balaban J connectivity index is 0.986. The fraction of sp³-hybridized carbons (Fsp3) is 0.387. The third kappa shape index (κ3) is 9.79. The second-order valence-corrected chi connectivity index (χ2v) is 20.4. The molecule has 0 atom stereocenters. The first-order chi connectivity index (χ1) is 38.5. The van der Waals surface area contributed by atoms with Crippen LogP contribution in [-0.2, 0) is 69.5 Å². The Bertz CT molecular complexity index is 2700. The van der Waals surface area contributed by atoms with Crippen LogP contribution in [0.5, 0.6) is 23.0 Å². The van der Waals surface area contributed by atoms with Crippen molar-refractivity contribution < 1.29 is 47.5 Å². The first-order valence-corrected chi connectivity index (χ1v) is 27.5. The second kappa shape index (κ2) is 23.4. The summed E-state index contributed by atoms with van der Waals surface area (Å²) in [6.07, 6.45) is 0. The van der Waals surface area contributed by atoms with Crippen molar-refractivity contribution in [2.75, 3.05) is 105 Å². The lowest BCUT2D eigenvalue weighted by atomic mass is 9.79. The van der Waals surface area contributed by atoms with E-state index in [-0.39, 0.29) is 64.7 Å². The van der Waals surface area contributed by atoms with Gasteiger partial charge >= 0.3 is 12.1 Å². The maximum atomic E-state index is 16.4. The Morgan fingerprint density at radius 3 is 0.872 bits per heavy atom. The molecule has 0 aromatic heterocycles. The van der Waals surface area contributed by atoms with Gasteiger partial charge in [-0.3, -0.25) is 29.4 Å². The number of urea groups is 2. The number of hydrogen-bond donors (Lipinski definition) is 0. The lowest BCUT2D eigenvalue weighted by Gasteiger charge is -2.49. The quantitative estimate of drug-likeness (QED) is 0.160. The fourth-order valence-electron chi connectivity index (χ4n) is 12.4. The number of amides is 4. The predicted molar refractivity (Wildman–Crippen MR) is 291 cm³/mol. The number of carbonyl (C=O) groups is 2. The summed E-state index contributed by atoms with van der Waals surface area (Å²) in [6, 6.07) is 48.1. The molecule has 78 heavy (non-hydrogen) atoms. The van der Waals surface area contributed by atoms with Gasteiger partial charge in [-0.25, -0.2) is 9.59 Å². The SMILES string of the molecule is O=C1N2Cc3c4ccc5c3CN3C(=O)N6Cc7c(ccc(c7CN1C6(c1ccccc1)C23c1ccccc1)OCCOCCN(Cc1ccccc1)CCOCCO4)OCCOCCN(Cc1ccccc1)CCOCCO5. The van der Waals surface area contributed by atoms with Crippen LogP contribution < -0.4 is 18.9 Å². The molecule has 406 valence electrons. The number of benzene rings is 6. The number of ether oxygens (including phenoxy) is 8. The smallest absolute Gasteiger partial charge is 0.325 e. The minimum Gasteiger partial charge on any atom is -0.491 e. The van der Waals surface area contributed by atoms with Gasteiger partial charge in [-0.2, -0.15) is 0 Å². The molecule has 12 rings (SSSR count). The molecule has 8 bridgehead atoms. The Hall–Kier alpha value is -7.18. The topological polar surface area (TPSA) is 127 Å². The van der Waals surface area contributed by atoms with Gasteiger partial charge in [0.25, 0.3) is 0 Å². The molecule has 2 saturated heterocycles. The maximum Gasteiger partial charge on any atom is 0.325 e. The normalized spacial score (nSPS) is 22.9. The van der Waals surface area contributed by atoms with Gasteiger partial charge in [0.2, 0.25) is 0 Å². The van der Waals surface area contributed by atoms with E-state index in [2.05, 4.69) is 58.3 Å². The highest BCUT2D eigenvalue weighted by Crippen LogP contribution is 2.66. The van der Waals surface area contributed by atoms with E-state index in [9.17, 15) is 0 Å². The summed E-state index contributed by atoms with van der Waals surface area (Å²) in [5.41, 5.74) is 4.17. The van der Waals surface area contributed by atoms with Gasteiger partial charge in [0.05, 0.1) is 79.0 Å². The van der Waals surface area contributed by atoms with E-state index >= 15 is 9.59 Å². The fourth-order valence-corrected chi connectivity index (χ4v) is 12.4. The zero-order valence-electron chi connectivity index (χ0n) is 44.2. The zero-order chi connectivity index (χ0) is 52.7. The van der Waals surface area contributed by atoms with Crippen LogP contribution in [0.4, 0.5) is 9.59 Å². The van der Waals surface area contributed by atoms with Crippen LogP contribution in [-0.4, -0.2) is 147 Å². The van der Waals surface area contributed by atoms with E-state index in [0.29, 0.717) is 102 Å². The van der Waals surface area contributed by atoms with Crippen LogP contribution >= 0.6 is 0 Å². The molecule has 4 amide bonds. The largest absolute Gasteiger partial charge is 0.491 e. The molecule has 6 aromatic rings. The van der Waals surface area contributed by atoms with Crippen molar-refractivity contribution in [3.05, 3.63) is 190 Å². The number of rotatable bonds is 6. The lowest BCUT2D eigenvalue weighted by molar-refractivity contribution is -0.0796. The molecule has 6 aliphatic heterocycles. The van der Waals surface area contributed by atoms with E-state index in [1.54, 1.807) is 0 Å². The van der Waals surface area contributed by atoms with Crippen molar-refractivity contribution in [3.63, 3.8) is 0 Å². The zero-order valence-corrected chi connectivity index (χ0v) is 44.2. The van der Waals surface area contributed by atoms with Gasteiger partial charge in [0.1, 0.15) is 49.4 Å². The molecule has 16 heteroatoms. The molecule has 0 N–H and O–H groups in total. The van der Waals surface area contributed by atoms with Crippen LogP contribution in [0.3, 0.4) is 0 Å². The van der Waals surface area contributed by atoms with E-state index in [1.165, 1.54) is 11.1 Å². The van der Waals surface area contributed by atoms with Gasteiger partial charge < -0.3 is 37.9 Å². The number of nitrogens with zero attached hydrogens (tertiary/aromatic N) is 6. The molecule has 2 fully saturated rings. The highest BCUT2D eigenvalue weighted by atomic mass is 16.5. The Morgan fingerprint density at radius 1 is 0.321 bits per heavy atom. The van der Waals surface area contributed by atoms with E-state index < -0.39 is 11.3 Å². The number of carbonyl (C=O) groups excluding carboxylic acids is 2. The first kappa shape index (κ1) is 51.6.